The molecule has 4 nitrogen and oxygen atoms in total. The van der Waals surface area contributed by atoms with Crippen molar-refractivity contribution in [1.82, 2.24) is 10.2 Å². The van der Waals surface area contributed by atoms with Crippen LogP contribution in [0.5, 0.6) is 0 Å². The lowest BCUT2D eigenvalue weighted by atomic mass is 10.1. The van der Waals surface area contributed by atoms with Gasteiger partial charge in [0.25, 0.3) is 0 Å². The molecule has 1 saturated heterocycles. The highest BCUT2D eigenvalue weighted by molar-refractivity contribution is 5.77. The molecule has 2 N–H and O–H groups in total. The number of rotatable bonds is 7. The number of nitrogens with zero attached hydrogens (tertiary/aromatic N) is 1. The number of amides is 1. The molecule has 0 aliphatic carbocycles. The zero-order valence-corrected chi connectivity index (χ0v) is 11.2. The van der Waals surface area contributed by atoms with Gasteiger partial charge in [0.2, 0.25) is 5.91 Å². The number of likely N-dealkylation sites (tertiary alicyclic amines) is 1. The van der Waals surface area contributed by atoms with Crippen LogP contribution in [-0.4, -0.2) is 42.1 Å². The number of aliphatic hydroxyl groups excluding tert-OH is 1. The summed E-state index contributed by atoms with van der Waals surface area (Å²) in [7, 11) is 0. The van der Waals surface area contributed by atoms with Crippen LogP contribution in [0.1, 0.15) is 30.9 Å². The fourth-order valence-electron chi connectivity index (χ4n) is 2.37. The molecular weight excluding hydrogens is 240 g/mol. The first kappa shape index (κ1) is 14.0. The molecule has 1 heterocycles. The van der Waals surface area contributed by atoms with Crippen molar-refractivity contribution in [3.63, 3.8) is 0 Å². The van der Waals surface area contributed by atoms with Crippen molar-refractivity contribution in [1.29, 1.82) is 0 Å². The summed E-state index contributed by atoms with van der Waals surface area (Å²) in [5.74, 6) is 0.282. The topological polar surface area (TPSA) is 52.6 Å². The Kier molecular flexibility index (Phi) is 5.36. The highest BCUT2D eigenvalue weighted by Crippen LogP contribution is 2.11. The van der Waals surface area contributed by atoms with Crippen LogP contribution in [0.2, 0.25) is 0 Å². The second kappa shape index (κ2) is 7.26. The van der Waals surface area contributed by atoms with Gasteiger partial charge in [0, 0.05) is 26.1 Å². The lowest BCUT2D eigenvalue weighted by Crippen LogP contribution is -2.29. The molecular formula is C15H22N2O2. The van der Waals surface area contributed by atoms with E-state index < -0.39 is 6.10 Å². The molecule has 1 aromatic carbocycles. The normalized spacial score (nSPS) is 16.9. The quantitative estimate of drug-likeness (QED) is 0.729. The van der Waals surface area contributed by atoms with Crippen LogP contribution in [0.25, 0.3) is 0 Å². The van der Waals surface area contributed by atoms with Gasteiger partial charge in [0.1, 0.15) is 0 Å². The van der Waals surface area contributed by atoms with E-state index in [2.05, 4.69) is 5.32 Å². The SMILES string of the molecule is O=C1CCCN1CCCNC[C@H](O)c1ccccc1. The maximum Gasteiger partial charge on any atom is 0.222 e. The summed E-state index contributed by atoms with van der Waals surface area (Å²) in [6.07, 6.45) is 2.18. The van der Waals surface area contributed by atoms with E-state index in [0.717, 1.165) is 38.0 Å². The maximum absolute atomic E-state index is 11.4. The van der Waals surface area contributed by atoms with Crippen molar-refractivity contribution >= 4 is 5.91 Å². The van der Waals surface area contributed by atoms with E-state index in [9.17, 15) is 9.90 Å². The molecule has 19 heavy (non-hydrogen) atoms. The second-order valence-corrected chi connectivity index (χ2v) is 4.97. The van der Waals surface area contributed by atoms with E-state index in [4.69, 9.17) is 0 Å². The predicted octanol–water partition coefficient (Wildman–Crippen LogP) is 1.32. The van der Waals surface area contributed by atoms with Gasteiger partial charge < -0.3 is 15.3 Å². The Bertz CT molecular complexity index is 394. The van der Waals surface area contributed by atoms with Crippen LogP contribution in [0, 0.1) is 0 Å². The molecule has 1 aliphatic heterocycles. The molecule has 4 heteroatoms. The first-order chi connectivity index (χ1) is 9.27. The molecule has 0 saturated carbocycles. The smallest absolute Gasteiger partial charge is 0.222 e. The highest BCUT2D eigenvalue weighted by atomic mass is 16.3. The van der Waals surface area contributed by atoms with E-state index in [-0.39, 0.29) is 5.91 Å². The lowest BCUT2D eigenvalue weighted by Gasteiger charge is -2.16. The van der Waals surface area contributed by atoms with Crippen molar-refractivity contribution in [2.45, 2.75) is 25.4 Å². The first-order valence-electron chi connectivity index (χ1n) is 6.99. The van der Waals surface area contributed by atoms with Gasteiger partial charge in [-0.3, -0.25) is 4.79 Å². The molecule has 0 bridgehead atoms. The zero-order chi connectivity index (χ0) is 13.5. The molecule has 1 fully saturated rings. The summed E-state index contributed by atoms with van der Waals surface area (Å²) in [6, 6.07) is 9.65. The monoisotopic (exact) mass is 262 g/mol. The van der Waals surface area contributed by atoms with Crippen LogP contribution in [0.4, 0.5) is 0 Å². The summed E-state index contributed by atoms with van der Waals surface area (Å²) in [5.41, 5.74) is 0.935. The van der Waals surface area contributed by atoms with Gasteiger partial charge in [0.15, 0.2) is 0 Å². The van der Waals surface area contributed by atoms with Crippen molar-refractivity contribution in [3.8, 4) is 0 Å². The molecule has 0 radical (unpaired) electrons. The average Bonchev–Trinajstić information content (AvgIpc) is 2.85. The lowest BCUT2D eigenvalue weighted by molar-refractivity contribution is -0.127. The van der Waals surface area contributed by atoms with Gasteiger partial charge in [-0.25, -0.2) is 0 Å². The third kappa shape index (κ3) is 4.33. The van der Waals surface area contributed by atoms with Crippen molar-refractivity contribution in [3.05, 3.63) is 35.9 Å². The van der Waals surface area contributed by atoms with Crippen LogP contribution in [0.15, 0.2) is 30.3 Å². The van der Waals surface area contributed by atoms with Crippen LogP contribution < -0.4 is 5.32 Å². The van der Waals surface area contributed by atoms with E-state index >= 15 is 0 Å². The average molecular weight is 262 g/mol. The maximum atomic E-state index is 11.4. The molecule has 1 amide bonds. The Labute approximate surface area is 114 Å². The molecule has 0 unspecified atom stereocenters. The fraction of sp³-hybridized carbons (Fsp3) is 0.533. The summed E-state index contributed by atoms with van der Waals surface area (Å²) in [5, 5.41) is 13.2. The largest absolute Gasteiger partial charge is 0.387 e. The van der Waals surface area contributed by atoms with Crippen LogP contribution >= 0.6 is 0 Å². The van der Waals surface area contributed by atoms with Gasteiger partial charge in [-0.05, 0) is 24.9 Å². The van der Waals surface area contributed by atoms with Gasteiger partial charge in [-0.2, -0.15) is 0 Å². The Morgan fingerprint density at radius 3 is 2.79 bits per heavy atom. The van der Waals surface area contributed by atoms with Gasteiger partial charge in [0.05, 0.1) is 6.10 Å². The summed E-state index contributed by atoms with van der Waals surface area (Å²) in [4.78, 5) is 13.3. The van der Waals surface area contributed by atoms with Crippen molar-refractivity contribution in [2.24, 2.45) is 0 Å². The standard InChI is InChI=1S/C15H22N2O2/c18-14(13-6-2-1-3-7-13)12-16-9-5-11-17-10-4-8-15(17)19/h1-3,6-7,14,16,18H,4-5,8-12H2/t14-/m0/s1. The number of hydrogen-bond acceptors (Lipinski definition) is 3. The summed E-state index contributed by atoms with van der Waals surface area (Å²) < 4.78 is 0. The molecule has 1 atom stereocenters. The van der Waals surface area contributed by atoms with Crippen molar-refractivity contribution < 1.29 is 9.90 Å². The first-order valence-corrected chi connectivity index (χ1v) is 6.99. The minimum absolute atomic E-state index is 0.282. The van der Waals surface area contributed by atoms with E-state index in [1.165, 1.54) is 0 Å². The van der Waals surface area contributed by atoms with E-state index in [1.807, 2.05) is 35.2 Å². The van der Waals surface area contributed by atoms with Gasteiger partial charge in [-0.1, -0.05) is 30.3 Å². The summed E-state index contributed by atoms with van der Waals surface area (Å²) in [6.45, 7) is 3.12. The van der Waals surface area contributed by atoms with Crippen LogP contribution in [-0.2, 0) is 4.79 Å². The van der Waals surface area contributed by atoms with Crippen molar-refractivity contribution in [2.75, 3.05) is 26.2 Å². The Morgan fingerprint density at radius 2 is 2.11 bits per heavy atom. The van der Waals surface area contributed by atoms with E-state index in [0.29, 0.717) is 13.0 Å². The number of benzene rings is 1. The Morgan fingerprint density at radius 1 is 1.32 bits per heavy atom. The second-order valence-electron chi connectivity index (χ2n) is 4.97. The number of aliphatic hydroxyl groups is 1. The summed E-state index contributed by atoms with van der Waals surface area (Å²) >= 11 is 0. The van der Waals surface area contributed by atoms with Crippen LogP contribution in [0.3, 0.4) is 0 Å². The zero-order valence-electron chi connectivity index (χ0n) is 11.2. The van der Waals surface area contributed by atoms with Gasteiger partial charge in [-0.15, -0.1) is 0 Å². The predicted molar refractivity (Wildman–Crippen MR) is 74.7 cm³/mol. The minimum Gasteiger partial charge on any atom is -0.387 e. The Balaban J connectivity index is 1.58. The molecule has 0 aromatic heterocycles. The number of carbonyl (C=O) groups excluding carboxylic acids is 1. The third-order valence-corrected chi connectivity index (χ3v) is 3.47. The molecule has 1 aromatic rings. The minimum atomic E-state index is -0.463. The highest BCUT2D eigenvalue weighted by Gasteiger charge is 2.18. The number of carbonyl (C=O) groups is 1. The molecule has 0 spiro atoms. The fourth-order valence-corrected chi connectivity index (χ4v) is 2.37. The molecule has 2 rings (SSSR count). The number of hydrogen-bond donors (Lipinski definition) is 2. The number of nitrogens with one attached hydrogen (secondary N) is 1. The van der Waals surface area contributed by atoms with E-state index in [1.54, 1.807) is 0 Å². The van der Waals surface area contributed by atoms with Gasteiger partial charge >= 0.3 is 0 Å². The molecule has 104 valence electrons. The Hall–Kier alpha value is -1.39. The molecule has 1 aliphatic rings. The third-order valence-electron chi connectivity index (χ3n) is 3.47.